The molecule has 7 nitrogen and oxygen atoms in total. The Hall–Kier alpha value is -4.26. The van der Waals surface area contributed by atoms with Crippen molar-refractivity contribution in [1.29, 1.82) is 0 Å². The van der Waals surface area contributed by atoms with Crippen molar-refractivity contribution >= 4 is 23.3 Å². The van der Waals surface area contributed by atoms with Crippen LogP contribution < -0.4 is 11.1 Å². The Kier molecular flexibility index (Phi) is 6.49. The maximum atomic E-state index is 13.4. The first-order valence-corrected chi connectivity index (χ1v) is 9.20. The van der Waals surface area contributed by atoms with Crippen LogP contribution in [0, 0.1) is 11.8 Å². The van der Waals surface area contributed by atoms with E-state index in [-0.39, 0.29) is 23.8 Å². The number of rotatable bonds is 5. The van der Waals surface area contributed by atoms with Crippen LogP contribution in [0.1, 0.15) is 39.8 Å². The Morgan fingerprint density at radius 1 is 1.06 bits per heavy atom. The average Bonchev–Trinajstić information content (AvgIpc) is 2.72. The molecule has 1 aromatic carbocycles. The molecule has 0 radical (unpaired) electrons. The second-order valence-corrected chi connectivity index (χ2v) is 6.62. The quantitative estimate of drug-likeness (QED) is 0.466. The topological polar surface area (TPSA) is 111 Å². The molecule has 2 heterocycles. The molecule has 0 spiro atoms. The first-order chi connectivity index (χ1) is 15.1. The van der Waals surface area contributed by atoms with Crippen molar-refractivity contribution in [3.05, 3.63) is 76.9 Å². The number of nitrogens with two attached hydrogens (primary N) is 1. The first kappa shape index (κ1) is 22.4. The molecule has 2 aromatic heterocycles. The number of alkyl halides is 3. The highest BCUT2D eigenvalue weighted by Gasteiger charge is 2.34. The van der Waals surface area contributed by atoms with Crippen LogP contribution in [0.25, 0.3) is 0 Å². The van der Waals surface area contributed by atoms with Gasteiger partial charge >= 0.3 is 6.18 Å². The third kappa shape index (κ3) is 5.66. The zero-order valence-electron chi connectivity index (χ0n) is 16.7. The Labute approximate surface area is 180 Å². The molecule has 3 aromatic rings. The van der Waals surface area contributed by atoms with Crippen molar-refractivity contribution in [2.75, 3.05) is 5.32 Å². The van der Waals surface area contributed by atoms with Gasteiger partial charge in [-0.2, -0.15) is 13.2 Å². The summed E-state index contributed by atoms with van der Waals surface area (Å²) >= 11 is 0. The molecule has 0 aliphatic carbocycles. The summed E-state index contributed by atoms with van der Waals surface area (Å²) in [6, 6.07) is 9.49. The van der Waals surface area contributed by atoms with E-state index < -0.39 is 23.3 Å². The van der Waals surface area contributed by atoms with Crippen LogP contribution in [-0.2, 0) is 17.4 Å². The van der Waals surface area contributed by atoms with Crippen LogP contribution in [0.3, 0.4) is 0 Å². The standard InChI is InChI=1S/C22H16F3N5O2/c1-13(31)18-9-7-16(11-27-18)29-21-28-12-17(22(23,24)25)19(30-21)8-6-14-4-2-3-5-15(14)10-20(26)32/h2-5,7,9,11-12H,10H2,1H3,(H2,26,32)(H,28,29,30). The minimum absolute atomic E-state index is 0.100. The monoisotopic (exact) mass is 439 g/mol. The van der Waals surface area contributed by atoms with Gasteiger partial charge in [0.2, 0.25) is 11.9 Å². The van der Waals surface area contributed by atoms with Gasteiger partial charge in [-0.1, -0.05) is 24.1 Å². The van der Waals surface area contributed by atoms with Crippen LogP contribution in [0.4, 0.5) is 24.8 Å². The summed E-state index contributed by atoms with van der Waals surface area (Å²) < 4.78 is 40.3. The number of carbonyl (C=O) groups excluding carboxylic acids is 2. The number of nitrogens with one attached hydrogen (secondary N) is 1. The van der Waals surface area contributed by atoms with Crippen LogP contribution >= 0.6 is 0 Å². The maximum absolute atomic E-state index is 13.4. The van der Waals surface area contributed by atoms with Gasteiger partial charge in [0.1, 0.15) is 17.0 Å². The first-order valence-electron chi connectivity index (χ1n) is 9.20. The molecule has 0 aliphatic heterocycles. The van der Waals surface area contributed by atoms with E-state index >= 15 is 0 Å². The largest absolute Gasteiger partial charge is 0.420 e. The van der Waals surface area contributed by atoms with Gasteiger partial charge in [-0.05, 0) is 29.7 Å². The molecule has 3 N–H and O–H groups in total. The summed E-state index contributed by atoms with van der Waals surface area (Å²) in [6.45, 7) is 1.36. The number of benzene rings is 1. The van der Waals surface area contributed by atoms with Gasteiger partial charge in [-0.25, -0.2) is 9.97 Å². The van der Waals surface area contributed by atoms with Crippen molar-refractivity contribution in [2.24, 2.45) is 5.73 Å². The molecular weight excluding hydrogens is 423 g/mol. The van der Waals surface area contributed by atoms with Crippen LogP contribution in [-0.4, -0.2) is 26.6 Å². The fourth-order valence-corrected chi connectivity index (χ4v) is 2.66. The molecule has 0 fully saturated rings. The fraction of sp³-hybridized carbons (Fsp3) is 0.136. The minimum atomic E-state index is -4.72. The number of aromatic nitrogens is 3. The fourth-order valence-electron chi connectivity index (χ4n) is 2.66. The van der Waals surface area contributed by atoms with E-state index in [1.807, 2.05) is 0 Å². The molecule has 162 valence electrons. The number of pyridine rings is 1. The molecule has 0 saturated heterocycles. The van der Waals surface area contributed by atoms with Crippen LogP contribution in [0.15, 0.2) is 48.8 Å². The summed E-state index contributed by atoms with van der Waals surface area (Å²) in [6.07, 6.45) is -2.86. The van der Waals surface area contributed by atoms with Gasteiger partial charge in [-0.3, -0.25) is 14.6 Å². The Morgan fingerprint density at radius 3 is 2.44 bits per heavy atom. The van der Waals surface area contributed by atoms with E-state index in [9.17, 15) is 22.8 Å². The van der Waals surface area contributed by atoms with Crippen molar-refractivity contribution in [3.8, 4) is 11.8 Å². The molecule has 32 heavy (non-hydrogen) atoms. The molecule has 0 atom stereocenters. The molecule has 0 aliphatic rings. The summed E-state index contributed by atoms with van der Waals surface area (Å²) in [5.74, 6) is 4.11. The predicted molar refractivity (Wildman–Crippen MR) is 110 cm³/mol. The summed E-state index contributed by atoms with van der Waals surface area (Å²) in [7, 11) is 0. The zero-order valence-corrected chi connectivity index (χ0v) is 16.7. The van der Waals surface area contributed by atoms with E-state index in [2.05, 4.69) is 32.1 Å². The van der Waals surface area contributed by atoms with Crippen LogP contribution in [0.5, 0.6) is 0 Å². The molecule has 1 amide bonds. The van der Waals surface area contributed by atoms with Gasteiger partial charge in [-0.15, -0.1) is 0 Å². The molecule has 10 heteroatoms. The van der Waals surface area contributed by atoms with Gasteiger partial charge in [0, 0.05) is 18.7 Å². The lowest BCUT2D eigenvalue weighted by atomic mass is 10.0. The number of primary amides is 1. The Balaban J connectivity index is 1.97. The number of anilines is 2. The smallest absolute Gasteiger partial charge is 0.369 e. The SMILES string of the molecule is CC(=O)c1ccc(Nc2ncc(C(F)(F)F)c(C#Cc3ccccc3CC(N)=O)n2)cn1. The summed E-state index contributed by atoms with van der Waals surface area (Å²) in [5, 5.41) is 2.73. The molecular formula is C22H16F3N5O2. The number of halogens is 3. The number of ketones is 1. The lowest BCUT2D eigenvalue weighted by Gasteiger charge is -2.10. The summed E-state index contributed by atoms with van der Waals surface area (Å²) in [4.78, 5) is 34.1. The zero-order chi connectivity index (χ0) is 23.3. The van der Waals surface area contributed by atoms with Gasteiger partial charge in [0.15, 0.2) is 5.78 Å². The Morgan fingerprint density at radius 2 is 1.81 bits per heavy atom. The number of carbonyl (C=O) groups is 2. The predicted octanol–water partition coefficient (Wildman–Crippen LogP) is 3.26. The van der Waals surface area contributed by atoms with E-state index in [0.717, 1.165) is 0 Å². The second-order valence-electron chi connectivity index (χ2n) is 6.62. The average molecular weight is 439 g/mol. The number of amides is 1. The maximum Gasteiger partial charge on any atom is 0.420 e. The van der Waals surface area contributed by atoms with Gasteiger partial charge in [0.25, 0.3) is 0 Å². The van der Waals surface area contributed by atoms with Gasteiger partial charge in [0.05, 0.1) is 18.3 Å². The van der Waals surface area contributed by atoms with E-state index in [0.29, 0.717) is 23.0 Å². The van der Waals surface area contributed by atoms with Gasteiger partial charge < -0.3 is 11.1 Å². The highest BCUT2D eigenvalue weighted by molar-refractivity contribution is 5.92. The van der Waals surface area contributed by atoms with Crippen molar-refractivity contribution in [3.63, 3.8) is 0 Å². The number of hydrogen-bond donors (Lipinski definition) is 2. The lowest BCUT2D eigenvalue weighted by molar-refractivity contribution is -0.138. The normalized spacial score (nSPS) is 10.8. The lowest BCUT2D eigenvalue weighted by Crippen LogP contribution is -2.14. The van der Waals surface area contributed by atoms with E-state index in [1.165, 1.54) is 25.3 Å². The molecule has 0 unspecified atom stereocenters. The van der Waals surface area contributed by atoms with E-state index in [1.54, 1.807) is 24.3 Å². The van der Waals surface area contributed by atoms with Crippen molar-refractivity contribution < 1.29 is 22.8 Å². The van der Waals surface area contributed by atoms with Crippen LogP contribution in [0.2, 0.25) is 0 Å². The Bertz CT molecular complexity index is 1230. The third-order valence-corrected chi connectivity index (χ3v) is 4.17. The van der Waals surface area contributed by atoms with E-state index in [4.69, 9.17) is 5.73 Å². The molecule has 3 rings (SSSR count). The highest BCUT2D eigenvalue weighted by Crippen LogP contribution is 2.31. The minimum Gasteiger partial charge on any atom is -0.369 e. The van der Waals surface area contributed by atoms with Crippen molar-refractivity contribution in [2.45, 2.75) is 19.5 Å². The number of Topliss-reactive ketones (excluding diaryl/α,β-unsaturated/α-hetero) is 1. The molecule has 0 bridgehead atoms. The molecule has 0 saturated carbocycles. The third-order valence-electron chi connectivity index (χ3n) is 4.17. The summed E-state index contributed by atoms with van der Waals surface area (Å²) in [5.41, 5.74) is 5.03. The number of nitrogens with zero attached hydrogens (tertiary/aromatic N) is 3. The number of hydrogen-bond acceptors (Lipinski definition) is 6. The van der Waals surface area contributed by atoms with Crippen molar-refractivity contribution in [1.82, 2.24) is 15.0 Å². The highest BCUT2D eigenvalue weighted by atomic mass is 19.4. The second kappa shape index (κ2) is 9.26.